The molecule has 0 bridgehead atoms. The summed E-state index contributed by atoms with van der Waals surface area (Å²) in [6.07, 6.45) is 18.8. The minimum absolute atomic E-state index is 0.523. The van der Waals surface area contributed by atoms with Gasteiger partial charge in [0.15, 0.2) is 0 Å². The second kappa shape index (κ2) is 14.6. The van der Waals surface area contributed by atoms with E-state index in [1.165, 1.54) is 24.0 Å². The average molecular weight is 420 g/mol. The number of benzene rings is 1. The molecule has 1 fully saturated rings. The van der Waals surface area contributed by atoms with Crippen LogP contribution in [0.2, 0.25) is 0 Å². The van der Waals surface area contributed by atoms with Gasteiger partial charge in [-0.3, -0.25) is 4.99 Å². The molecule has 3 unspecified atom stereocenters. The molecule has 3 rings (SSSR count). The molecule has 1 saturated heterocycles. The van der Waals surface area contributed by atoms with Crippen LogP contribution in [0.3, 0.4) is 0 Å². The normalized spacial score (nSPS) is 22.6. The molecule has 2 aliphatic rings. The van der Waals surface area contributed by atoms with E-state index in [-0.39, 0.29) is 0 Å². The lowest BCUT2D eigenvalue weighted by atomic mass is 9.67. The molecule has 1 aromatic carbocycles. The van der Waals surface area contributed by atoms with Crippen LogP contribution in [-0.2, 0) is 0 Å². The Kier molecular flexibility index (Phi) is 11.7. The molecule has 1 aliphatic heterocycles. The van der Waals surface area contributed by atoms with Gasteiger partial charge in [-0.25, -0.2) is 0 Å². The number of allylic oxidation sites excluding steroid dienone is 6. The van der Waals surface area contributed by atoms with Crippen LogP contribution in [0.5, 0.6) is 0 Å². The summed E-state index contributed by atoms with van der Waals surface area (Å²) in [6.45, 7) is 13.1. The summed E-state index contributed by atoms with van der Waals surface area (Å²) >= 11 is 0. The van der Waals surface area contributed by atoms with Gasteiger partial charge in [0.05, 0.1) is 6.34 Å². The number of nitrogens with zero attached hydrogens (tertiary/aromatic N) is 1. The highest BCUT2D eigenvalue weighted by Crippen LogP contribution is 2.43. The molecule has 3 nitrogen and oxygen atoms in total. The van der Waals surface area contributed by atoms with Gasteiger partial charge in [0.25, 0.3) is 0 Å². The molecular weight excluding hydrogens is 378 g/mol. The first-order chi connectivity index (χ1) is 15.2. The van der Waals surface area contributed by atoms with Gasteiger partial charge in [-0.05, 0) is 75.7 Å². The van der Waals surface area contributed by atoms with Crippen molar-refractivity contribution in [2.45, 2.75) is 46.0 Å². The van der Waals surface area contributed by atoms with Crippen molar-refractivity contribution in [2.24, 2.45) is 22.7 Å². The third-order valence-electron chi connectivity index (χ3n) is 6.21. The van der Waals surface area contributed by atoms with Crippen molar-refractivity contribution in [1.29, 1.82) is 0 Å². The molecule has 2 N–H and O–H groups in total. The standard InChI is InChI=1S/C23H31N.C5H10N2/c1-3-18(2)17-21-11-7-8-12-22(21)23(19-9-5-4-6-10-19)20-13-15-24-16-14-20;1-3-6-5-7-4-2/h4-12,17,20-24H,3,13-16H2,1-2H3;3,5H,1,4H2,2H3,(H,6,7)/b18-17+;. The second-order valence-corrected chi connectivity index (χ2v) is 8.31. The van der Waals surface area contributed by atoms with Gasteiger partial charge in [0, 0.05) is 12.5 Å². The van der Waals surface area contributed by atoms with Crippen LogP contribution >= 0.6 is 0 Å². The summed E-state index contributed by atoms with van der Waals surface area (Å²) < 4.78 is 0. The maximum absolute atomic E-state index is 3.85. The minimum Gasteiger partial charge on any atom is -0.354 e. The third kappa shape index (κ3) is 8.34. The van der Waals surface area contributed by atoms with Crippen molar-refractivity contribution < 1.29 is 0 Å². The highest BCUT2D eigenvalue weighted by Gasteiger charge is 2.34. The molecule has 0 radical (unpaired) electrons. The van der Waals surface area contributed by atoms with Crippen LogP contribution in [0.1, 0.15) is 51.5 Å². The van der Waals surface area contributed by atoms with E-state index in [9.17, 15) is 0 Å². The molecule has 3 heteroatoms. The third-order valence-corrected chi connectivity index (χ3v) is 6.21. The van der Waals surface area contributed by atoms with Gasteiger partial charge in [-0.15, -0.1) is 0 Å². The largest absolute Gasteiger partial charge is 0.354 e. The summed E-state index contributed by atoms with van der Waals surface area (Å²) in [7, 11) is 0. The molecule has 1 heterocycles. The molecule has 1 aromatic rings. The smallest absolute Gasteiger partial charge is 0.0862 e. The van der Waals surface area contributed by atoms with E-state index in [1.807, 2.05) is 6.92 Å². The number of hydrogen-bond acceptors (Lipinski definition) is 2. The molecule has 0 saturated carbocycles. The summed E-state index contributed by atoms with van der Waals surface area (Å²) in [5.41, 5.74) is 3.02. The second-order valence-electron chi connectivity index (χ2n) is 8.31. The van der Waals surface area contributed by atoms with Crippen LogP contribution in [0.25, 0.3) is 0 Å². The molecule has 168 valence electrons. The summed E-state index contributed by atoms with van der Waals surface area (Å²) in [4.78, 5) is 3.85. The Labute approximate surface area is 190 Å². The number of piperidine rings is 1. The zero-order valence-corrected chi connectivity index (χ0v) is 19.6. The van der Waals surface area contributed by atoms with E-state index in [0.29, 0.717) is 17.8 Å². The fraction of sp³-hybridized carbons (Fsp3) is 0.464. The number of rotatable bonds is 8. The Morgan fingerprint density at radius 2 is 1.87 bits per heavy atom. The molecule has 0 aromatic heterocycles. The van der Waals surface area contributed by atoms with Gasteiger partial charge in [0.2, 0.25) is 0 Å². The van der Waals surface area contributed by atoms with Gasteiger partial charge < -0.3 is 10.6 Å². The molecule has 0 spiro atoms. The van der Waals surface area contributed by atoms with Crippen molar-refractivity contribution >= 4 is 6.34 Å². The van der Waals surface area contributed by atoms with E-state index >= 15 is 0 Å². The summed E-state index contributed by atoms with van der Waals surface area (Å²) in [5, 5.41) is 6.25. The molecule has 0 amide bonds. The fourth-order valence-corrected chi connectivity index (χ4v) is 4.50. The highest BCUT2D eigenvalue weighted by atomic mass is 14.9. The maximum Gasteiger partial charge on any atom is 0.0862 e. The first kappa shape index (κ1) is 24.9. The SMILES string of the molecule is C=CNC=NCC.CC/C(C)=C/C1C=CC=CC1C(c1ccccc1)C1CCNCC1. The van der Waals surface area contributed by atoms with E-state index in [2.05, 4.69) is 96.8 Å². The molecule has 3 atom stereocenters. The minimum atomic E-state index is 0.523. The van der Waals surface area contributed by atoms with Crippen LogP contribution in [0, 0.1) is 17.8 Å². The maximum atomic E-state index is 3.85. The zero-order chi connectivity index (χ0) is 22.3. The summed E-state index contributed by atoms with van der Waals surface area (Å²) in [6, 6.07) is 11.2. The fourth-order valence-electron chi connectivity index (χ4n) is 4.50. The van der Waals surface area contributed by atoms with Gasteiger partial charge in [-0.2, -0.15) is 0 Å². The van der Waals surface area contributed by atoms with Gasteiger partial charge in [0.1, 0.15) is 0 Å². The first-order valence-electron chi connectivity index (χ1n) is 11.8. The first-order valence-corrected chi connectivity index (χ1v) is 11.8. The predicted octanol–water partition coefficient (Wildman–Crippen LogP) is 6.25. The van der Waals surface area contributed by atoms with E-state index in [1.54, 1.807) is 12.5 Å². The van der Waals surface area contributed by atoms with Crippen LogP contribution in [0.15, 0.2) is 84.1 Å². The Morgan fingerprint density at radius 1 is 1.16 bits per heavy atom. The van der Waals surface area contributed by atoms with Crippen LogP contribution < -0.4 is 10.6 Å². The topological polar surface area (TPSA) is 36.4 Å². The lowest BCUT2D eigenvalue weighted by Gasteiger charge is -2.38. The van der Waals surface area contributed by atoms with Crippen molar-refractivity contribution in [3.8, 4) is 0 Å². The lowest BCUT2D eigenvalue weighted by molar-refractivity contribution is 0.259. The Morgan fingerprint density at radius 3 is 2.52 bits per heavy atom. The average Bonchev–Trinajstić information content (AvgIpc) is 2.82. The molecule has 1 aliphatic carbocycles. The van der Waals surface area contributed by atoms with Crippen LogP contribution in [0.4, 0.5) is 0 Å². The number of aliphatic imine (C=N–C) groups is 1. The zero-order valence-electron chi connectivity index (χ0n) is 19.6. The Bertz CT molecular complexity index is 739. The highest BCUT2D eigenvalue weighted by molar-refractivity contribution is 5.55. The quantitative estimate of drug-likeness (QED) is 0.297. The van der Waals surface area contributed by atoms with E-state index in [0.717, 1.165) is 32.0 Å². The predicted molar refractivity (Wildman–Crippen MR) is 136 cm³/mol. The summed E-state index contributed by atoms with van der Waals surface area (Å²) in [5.74, 6) is 2.48. The van der Waals surface area contributed by atoms with Gasteiger partial charge >= 0.3 is 0 Å². The van der Waals surface area contributed by atoms with E-state index in [4.69, 9.17) is 0 Å². The molecular formula is C28H41N3. The lowest BCUT2D eigenvalue weighted by Crippen LogP contribution is -2.34. The monoisotopic (exact) mass is 419 g/mol. The van der Waals surface area contributed by atoms with E-state index < -0.39 is 0 Å². The van der Waals surface area contributed by atoms with Gasteiger partial charge in [-0.1, -0.05) is 79.8 Å². The van der Waals surface area contributed by atoms with Crippen LogP contribution in [-0.4, -0.2) is 26.0 Å². The number of nitrogens with one attached hydrogen (secondary N) is 2. The van der Waals surface area contributed by atoms with Crippen molar-refractivity contribution in [3.05, 3.63) is 84.6 Å². The van der Waals surface area contributed by atoms with Crippen molar-refractivity contribution in [1.82, 2.24) is 10.6 Å². The van der Waals surface area contributed by atoms with Crippen molar-refractivity contribution in [2.75, 3.05) is 19.6 Å². The van der Waals surface area contributed by atoms with Crippen molar-refractivity contribution in [3.63, 3.8) is 0 Å². The Balaban J connectivity index is 0.000000423. The Hall–Kier alpha value is -2.39. The number of hydrogen-bond donors (Lipinski definition) is 2. The molecule has 31 heavy (non-hydrogen) atoms.